The molecule has 0 aliphatic carbocycles. The molecule has 1 saturated heterocycles. The van der Waals surface area contributed by atoms with Crippen LogP contribution >= 0.6 is 0 Å². The lowest BCUT2D eigenvalue weighted by atomic mass is 10.1. The van der Waals surface area contributed by atoms with Gasteiger partial charge in [-0.3, -0.25) is 0 Å². The number of para-hydroxylation sites is 1. The Morgan fingerprint density at radius 1 is 1.27 bits per heavy atom. The molecule has 0 spiro atoms. The molecule has 1 aliphatic heterocycles. The topological polar surface area (TPSA) is 77.4 Å². The first-order chi connectivity index (χ1) is 12.7. The maximum atomic E-state index is 12.4. The van der Waals surface area contributed by atoms with Gasteiger partial charge in [0.25, 0.3) is 0 Å². The Balaban J connectivity index is 1.25. The first-order valence-corrected chi connectivity index (χ1v) is 8.97. The maximum Gasteiger partial charge on any atom is 0.317 e. The number of amides is 2. The molecular formula is C19H23N5O2. The first kappa shape index (κ1) is 16.5. The van der Waals surface area contributed by atoms with E-state index in [1.165, 1.54) is 10.9 Å². The number of benzene rings is 1. The minimum atomic E-state index is 0.000764. The standard InChI is InChI=1S/C19H23N5O2/c1-14-12-18(22-26-14)23-8-10-24(11-9-23)19(25)20-7-6-15-13-21-17-5-3-2-4-16(15)17/h2-5,12-13,21H,6-11H2,1H3,(H,20,25). The predicted molar refractivity (Wildman–Crippen MR) is 100 cm³/mol. The molecule has 7 heteroatoms. The maximum absolute atomic E-state index is 12.4. The van der Waals surface area contributed by atoms with Crippen molar-refractivity contribution in [2.24, 2.45) is 0 Å². The van der Waals surface area contributed by atoms with Crippen molar-refractivity contribution in [3.05, 3.63) is 47.9 Å². The largest absolute Gasteiger partial charge is 0.361 e. The Kier molecular flexibility index (Phi) is 4.51. The van der Waals surface area contributed by atoms with Crippen LogP contribution in [0.1, 0.15) is 11.3 Å². The lowest BCUT2D eigenvalue weighted by Crippen LogP contribution is -2.52. The first-order valence-electron chi connectivity index (χ1n) is 8.97. The summed E-state index contributed by atoms with van der Waals surface area (Å²) in [5, 5.41) is 8.30. The zero-order valence-electron chi connectivity index (χ0n) is 14.9. The predicted octanol–water partition coefficient (Wildman–Crippen LogP) is 2.54. The number of aromatic nitrogens is 2. The number of aryl methyl sites for hydroxylation is 1. The minimum Gasteiger partial charge on any atom is -0.361 e. The van der Waals surface area contributed by atoms with Crippen LogP contribution in [0.2, 0.25) is 0 Å². The van der Waals surface area contributed by atoms with Gasteiger partial charge in [0.2, 0.25) is 0 Å². The molecule has 3 heterocycles. The van der Waals surface area contributed by atoms with Gasteiger partial charge in [0.15, 0.2) is 5.82 Å². The fourth-order valence-corrected chi connectivity index (χ4v) is 3.40. The third-order valence-corrected chi connectivity index (χ3v) is 4.85. The molecule has 0 bridgehead atoms. The van der Waals surface area contributed by atoms with E-state index in [9.17, 15) is 4.79 Å². The number of hydrogen-bond donors (Lipinski definition) is 2. The van der Waals surface area contributed by atoms with E-state index in [4.69, 9.17) is 4.52 Å². The van der Waals surface area contributed by atoms with Gasteiger partial charge >= 0.3 is 6.03 Å². The number of hydrogen-bond acceptors (Lipinski definition) is 4. The fraction of sp³-hybridized carbons (Fsp3) is 0.368. The van der Waals surface area contributed by atoms with Crippen molar-refractivity contribution in [1.29, 1.82) is 0 Å². The fourth-order valence-electron chi connectivity index (χ4n) is 3.40. The van der Waals surface area contributed by atoms with E-state index >= 15 is 0 Å². The second kappa shape index (κ2) is 7.11. The van der Waals surface area contributed by atoms with Crippen LogP contribution in [0.5, 0.6) is 0 Å². The normalized spacial score (nSPS) is 14.8. The van der Waals surface area contributed by atoms with Crippen molar-refractivity contribution < 1.29 is 9.32 Å². The Morgan fingerprint density at radius 3 is 2.85 bits per heavy atom. The van der Waals surface area contributed by atoms with Crippen molar-refractivity contribution in [2.75, 3.05) is 37.6 Å². The van der Waals surface area contributed by atoms with Crippen molar-refractivity contribution >= 4 is 22.8 Å². The highest BCUT2D eigenvalue weighted by atomic mass is 16.5. The minimum absolute atomic E-state index is 0.000764. The molecule has 4 rings (SSSR count). The highest BCUT2D eigenvalue weighted by Crippen LogP contribution is 2.18. The molecule has 7 nitrogen and oxygen atoms in total. The smallest absolute Gasteiger partial charge is 0.317 e. The van der Waals surface area contributed by atoms with Crippen molar-refractivity contribution in [3.63, 3.8) is 0 Å². The zero-order chi connectivity index (χ0) is 17.9. The van der Waals surface area contributed by atoms with Crippen molar-refractivity contribution in [1.82, 2.24) is 20.4 Å². The molecule has 1 aliphatic rings. The molecule has 0 unspecified atom stereocenters. The average molecular weight is 353 g/mol. The quantitative estimate of drug-likeness (QED) is 0.756. The summed E-state index contributed by atoms with van der Waals surface area (Å²) in [7, 11) is 0. The van der Waals surface area contributed by atoms with Crippen LogP contribution in [0.15, 0.2) is 41.1 Å². The van der Waals surface area contributed by atoms with E-state index in [1.807, 2.05) is 36.2 Å². The Bertz CT molecular complexity index is 892. The lowest BCUT2D eigenvalue weighted by molar-refractivity contribution is 0.194. The van der Waals surface area contributed by atoms with Crippen molar-refractivity contribution in [3.8, 4) is 0 Å². The number of nitrogens with zero attached hydrogens (tertiary/aromatic N) is 3. The lowest BCUT2D eigenvalue weighted by Gasteiger charge is -2.34. The monoisotopic (exact) mass is 353 g/mol. The average Bonchev–Trinajstić information content (AvgIpc) is 3.28. The molecule has 2 amide bonds. The van der Waals surface area contributed by atoms with Crippen LogP contribution in [0.4, 0.5) is 10.6 Å². The van der Waals surface area contributed by atoms with Gasteiger partial charge in [-0.05, 0) is 25.0 Å². The van der Waals surface area contributed by atoms with Crippen LogP contribution in [0, 0.1) is 6.92 Å². The Hall–Kier alpha value is -2.96. The summed E-state index contributed by atoms with van der Waals surface area (Å²) in [4.78, 5) is 19.7. The second-order valence-corrected chi connectivity index (χ2v) is 6.61. The second-order valence-electron chi connectivity index (χ2n) is 6.61. The molecule has 136 valence electrons. The number of anilines is 1. The Labute approximate surface area is 151 Å². The van der Waals surface area contributed by atoms with E-state index in [-0.39, 0.29) is 6.03 Å². The summed E-state index contributed by atoms with van der Waals surface area (Å²) >= 11 is 0. The summed E-state index contributed by atoms with van der Waals surface area (Å²) in [6.07, 6.45) is 2.84. The SMILES string of the molecule is Cc1cc(N2CCN(C(=O)NCCc3c[nH]c4ccccc34)CC2)no1. The number of H-pyrrole nitrogens is 1. The van der Waals surface area contributed by atoms with E-state index in [0.717, 1.165) is 36.6 Å². The highest BCUT2D eigenvalue weighted by molar-refractivity contribution is 5.83. The van der Waals surface area contributed by atoms with Crippen LogP contribution < -0.4 is 10.2 Å². The van der Waals surface area contributed by atoms with Gasteiger partial charge in [-0.15, -0.1) is 0 Å². The third kappa shape index (κ3) is 3.37. The molecular weight excluding hydrogens is 330 g/mol. The number of piperazine rings is 1. The molecule has 1 fully saturated rings. The highest BCUT2D eigenvalue weighted by Gasteiger charge is 2.22. The van der Waals surface area contributed by atoms with Crippen LogP contribution in [0.3, 0.4) is 0 Å². The van der Waals surface area contributed by atoms with Gasteiger partial charge in [0, 0.05) is 55.9 Å². The van der Waals surface area contributed by atoms with E-state index in [2.05, 4.69) is 32.5 Å². The number of fused-ring (bicyclic) bond motifs is 1. The Morgan fingerprint density at radius 2 is 2.08 bits per heavy atom. The summed E-state index contributed by atoms with van der Waals surface area (Å²) in [5.41, 5.74) is 2.36. The zero-order valence-corrected chi connectivity index (χ0v) is 14.9. The molecule has 0 saturated carbocycles. The number of carbonyl (C=O) groups is 1. The number of aromatic amines is 1. The molecule has 1 aromatic carbocycles. The van der Waals surface area contributed by atoms with E-state index in [0.29, 0.717) is 19.6 Å². The number of urea groups is 1. The van der Waals surface area contributed by atoms with E-state index in [1.54, 1.807) is 0 Å². The van der Waals surface area contributed by atoms with Gasteiger partial charge in [0.05, 0.1) is 0 Å². The van der Waals surface area contributed by atoms with Gasteiger partial charge < -0.3 is 24.6 Å². The molecule has 3 aromatic rings. The summed E-state index contributed by atoms with van der Waals surface area (Å²) in [6, 6.07) is 10.2. The molecule has 0 atom stereocenters. The summed E-state index contributed by atoms with van der Waals surface area (Å²) in [6.45, 7) is 5.41. The van der Waals surface area contributed by atoms with Gasteiger partial charge in [-0.1, -0.05) is 23.4 Å². The van der Waals surface area contributed by atoms with Crippen LogP contribution in [0.25, 0.3) is 10.9 Å². The van der Waals surface area contributed by atoms with Crippen LogP contribution in [-0.2, 0) is 6.42 Å². The molecule has 2 N–H and O–H groups in total. The summed E-state index contributed by atoms with van der Waals surface area (Å²) in [5.74, 6) is 1.65. The van der Waals surface area contributed by atoms with Gasteiger partial charge in [-0.25, -0.2) is 4.79 Å². The molecule has 0 radical (unpaired) electrons. The molecule has 26 heavy (non-hydrogen) atoms. The van der Waals surface area contributed by atoms with Gasteiger partial charge in [-0.2, -0.15) is 0 Å². The number of rotatable bonds is 4. The number of nitrogens with one attached hydrogen (secondary N) is 2. The van der Waals surface area contributed by atoms with Crippen molar-refractivity contribution in [2.45, 2.75) is 13.3 Å². The molecule has 2 aromatic heterocycles. The number of carbonyl (C=O) groups excluding carboxylic acids is 1. The van der Waals surface area contributed by atoms with Crippen LogP contribution in [-0.4, -0.2) is 53.8 Å². The summed E-state index contributed by atoms with van der Waals surface area (Å²) < 4.78 is 5.12. The van der Waals surface area contributed by atoms with E-state index < -0.39 is 0 Å². The van der Waals surface area contributed by atoms with Gasteiger partial charge in [0.1, 0.15) is 5.76 Å². The third-order valence-electron chi connectivity index (χ3n) is 4.85.